The predicted octanol–water partition coefficient (Wildman–Crippen LogP) is 3.10. The van der Waals surface area contributed by atoms with Gasteiger partial charge in [-0.05, 0) is 6.42 Å². The molecule has 1 heterocycles. The second-order valence-electron chi connectivity index (χ2n) is 3.91. The molecule has 0 fully saturated rings. The Bertz CT molecular complexity index is 432. The largest absolute Gasteiger partial charge is 0.411 e. The first-order valence-electron chi connectivity index (χ1n) is 5.74. The molecule has 1 rings (SSSR count). The number of Topliss-reactive ketones (excluding diaryl/α,β-unsaturated/α-hetero) is 1. The summed E-state index contributed by atoms with van der Waals surface area (Å²) in [6, 6.07) is 0. The van der Waals surface area contributed by atoms with Crippen LogP contribution in [0, 0.1) is 0 Å². The van der Waals surface area contributed by atoms with E-state index in [2.05, 4.69) is 9.84 Å². The van der Waals surface area contributed by atoms with Crippen molar-refractivity contribution in [3.05, 3.63) is 16.9 Å². The van der Waals surface area contributed by atoms with Gasteiger partial charge in [0.05, 0.1) is 17.8 Å². The molecule has 0 bridgehead atoms. The topological polar surface area (TPSA) is 44.1 Å². The summed E-state index contributed by atoms with van der Waals surface area (Å²) < 4.78 is 41.4. The summed E-state index contributed by atoms with van der Waals surface area (Å²) in [5.41, 5.74) is 0.221. The number of aromatic nitrogens is 2. The lowest BCUT2D eigenvalue weighted by atomic mass is 10.2. The third-order valence-corrected chi connectivity index (χ3v) is 2.51. The fourth-order valence-electron chi connectivity index (χ4n) is 1.49. The molecule has 0 aliphatic heterocycles. The van der Waals surface area contributed by atoms with E-state index >= 15 is 0 Å². The SMILES string of the molecule is CCCn1ncc(Cl)c1C(=O)CCOCC(F)(F)F. The standard InChI is InChI=1S/C11H14ClF3N2O2/c1-2-4-17-10(8(12)6-16-17)9(18)3-5-19-7-11(13,14)15/h6H,2-5,7H2,1H3. The first-order valence-corrected chi connectivity index (χ1v) is 6.12. The van der Waals surface area contributed by atoms with E-state index in [1.54, 1.807) is 0 Å². The molecular formula is C11H14ClF3N2O2. The van der Waals surface area contributed by atoms with Gasteiger partial charge in [-0.2, -0.15) is 18.3 Å². The molecule has 0 unspecified atom stereocenters. The van der Waals surface area contributed by atoms with Crippen LogP contribution in [0.15, 0.2) is 6.20 Å². The van der Waals surface area contributed by atoms with Crippen LogP contribution < -0.4 is 0 Å². The van der Waals surface area contributed by atoms with E-state index in [4.69, 9.17) is 11.6 Å². The fraction of sp³-hybridized carbons (Fsp3) is 0.636. The molecule has 0 radical (unpaired) electrons. The van der Waals surface area contributed by atoms with Crippen LogP contribution in [0.1, 0.15) is 30.3 Å². The van der Waals surface area contributed by atoms with E-state index in [1.807, 2.05) is 6.92 Å². The van der Waals surface area contributed by atoms with Crippen molar-refractivity contribution < 1.29 is 22.7 Å². The van der Waals surface area contributed by atoms with Crippen molar-refractivity contribution in [2.75, 3.05) is 13.2 Å². The third-order valence-electron chi connectivity index (χ3n) is 2.23. The molecule has 4 nitrogen and oxygen atoms in total. The summed E-state index contributed by atoms with van der Waals surface area (Å²) in [6.45, 7) is 0.779. The van der Waals surface area contributed by atoms with Crippen LogP contribution >= 0.6 is 11.6 Å². The smallest absolute Gasteiger partial charge is 0.372 e. The molecule has 0 aliphatic rings. The molecule has 0 spiro atoms. The number of ketones is 1. The Morgan fingerprint density at radius 3 is 2.79 bits per heavy atom. The quantitative estimate of drug-likeness (QED) is 0.574. The van der Waals surface area contributed by atoms with Crippen LogP contribution in [0.25, 0.3) is 0 Å². The number of hydrogen-bond acceptors (Lipinski definition) is 3. The minimum Gasteiger partial charge on any atom is -0.372 e. The van der Waals surface area contributed by atoms with Crippen molar-refractivity contribution >= 4 is 17.4 Å². The summed E-state index contributed by atoms with van der Waals surface area (Å²) in [5, 5.41) is 4.14. The van der Waals surface area contributed by atoms with E-state index in [1.165, 1.54) is 10.9 Å². The highest BCUT2D eigenvalue weighted by molar-refractivity contribution is 6.33. The zero-order valence-electron chi connectivity index (χ0n) is 10.3. The molecular weight excluding hydrogens is 285 g/mol. The first-order chi connectivity index (χ1) is 8.85. The average molecular weight is 299 g/mol. The normalized spacial score (nSPS) is 11.8. The number of carbonyl (C=O) groups excluding carboxylic acids is 1. The Kier molecular flexibility index (Phi) is 5.81. The zero-order chi connectivity index (χ0) is 14.5. The van der Waals surface area contributed by atoms with Crippen molar-refractivity contribution in [1.82, 2.24) is 9.78 Å². The summed E-state index contributed by atoms with van der Waals surface area (Å²) in [4.78, 5) is 11.8. The fourth-order valence-corrected chi connectivity index (χ4v) is 1.74. The molecule has 19 heavy (non-hydrogen) atoms. The van der Waals surface area contributed by atoms with E-state index in [9.17, 15) is 18.0 Å². The second-order valence-corrected chi connectivity index (χ2v) is 4.31. The number of ether oxygens (including phenoxy) is 1. The van der Waals surface area contributed by atoms with Crippen LogP contribution in [0.4, 0.5) is 13.2 Å². The maximum Gasteiger partial charge on any atom is 0.411 e. The Labute approximate surface area is 113 Å². The highest BCUT2D eigenvalue weighted by Crippen LogP contribution is 2.18. The molecule has 0 atom stereocenters. The Morgan fingerprint density at radius 2 is 2.21 bits per heavy atom. The summed E-state index contributed by atoms with van der Waals surface area (Å²) in [5.74, 6) is -0.377. The number of carbonyl (C=O) groups is 1. The van der Waals surface area contributed by atoms with Crippen molar-refractivity contribution in [2.24, 2.45) is 0 Å². The first kappa shape index (κ1) is 16.0. The number of hydrogen-bond donors (Lipinski definition) is 0. The number of aryl methyl sites for hydroxylation is 1. The maximum absolute atomic E-state index is 11.8. The van der Waals surface area contributed by atoms with Crippen LogP contribution in [0.2, 0.25) is 5.02 Å². The van der Waals surface area contributed by atoms with Gasteiger partial charge >= 0.3 is 6.18 Å². The summed E-state index contributed by atoms with van der Waals surface area (Å²) in [6.07, 6.45) is -2.43. The number of halogens is 4. The van der Waals surface area contributed by atoms with Crippen molar-refractivity contribution in [2.45, 2.75) is 32.5 Å². The van der Waals surface area contributed by atoms with Gasteiger partial charge in [0, 0.05) is 13.0 Å². The van der Waals surface area contributed by atoms with Gasteiger partial charge in [-0.1, -0.05) is 18.5 Å². The summed E-state index contributed by atoms with van der Waals surface area (Å²) >= 11 is 5.84. The van der Waals surface area contributed by atoms with E-state index < -0.39 is 12.8 Å². The zero-order valence-corrected chi connectivity index (χ0v) is 11.1. The highest BCUT2D eigenvalue weighted by atomic mass is 35.5. The van der Waals surface area contributed by atoms with Gasteiger partial charge in [-0.3, -0.25) is 9.48 Å². The molecule has 1 aromatic rings. The molecule has 0 aliphatic carbocycles. The predicted molar refractivity (Wildman–Crippen MR) is 63.3 cm³/mol. The van der Waals surface area contributed by atoms with Gasteiger partial charge in [0.2, 0.25) is 0 Å². The lowest BCUT2D eigenvalue weighted by molar-refractivity contribution is -0.173. The Balaban J connectivity index is 2.52. The second kappa shape index (κ2) is 6.91. The lowest BCUT2D eigenvalue weighted by Crippen LogP contribution is -2.19. The average Bonchev–Trinajstić information content (AvgIpc) is 2.65. The van der Waals surface area contributed by atoms with Gasteiger partial charge < -0.3 is 4.74 Å². The van der Waals surface area contributed by atoms with Crippen molar-refractivity contribution in [1.29, 1.82) is 0 Å². The van der Waals surface area contributed by atoms with Crippen LogP contribution in [-0.2, 0) is 11.3 Å². The molecule has 0 saturated carbocycles. The van der Waals surface area contributed by atoms with Gasteiger partial charge in [0.15, 0.2) is 5.78 Å². The molecule has 1 aromatic heterocycles. The van der Waals surface area contributed by atoms with Gasteiger partial charge in [0.25, 0.3) is 0 Å². The van der Waals surface area contributed by atoms with E-state index in [-0.39, 0.29) is 29.5 Å². The molecule has 108 valence electrons. The monoisotopic (exact) mass is 298 g/mol. The molecule has 0 N–H and O–H groups in total. The Morgan fingerprint density at radius 1 is 1.53 bits per heavy atom. The number of nitrogens with zero attached hydrogens (tertiary/aromatic N) is 2. The number of alkyl halides is 3. The van der Waals surface area contributed by atoms with E-state index in [0.717, 1.165) is 6.42 Å². The van der Waals surface area contributed by atoms with Crippen LogP contribution in [0.3, 0.4) is 0 Å². The highest BCUT2D eigenvalue weighted by Gasteiger charge is 2.27. The van der Waals surface area contributed by atoms with Crippen molar-refractivity contribution in [3.63, 3.8) is 0 Å². The molecule has 0 aromatic carbocycles. The summed E-state index contributed by atoms with van der Waals surface area (Å²) in [7, 11) is 0. The maximum atomic E-state index is 11.8. The minimum absolute atomic E-state index is 0.162. The Hall–Kier alpha value is -1.08. The van der Waals surface area contributed by atoms with Crippen LogP contribution in [0.5, 0.6) is 0 Å². The lowest BCUT2D eigenvalue weighted by Gasteiger charge is -2.08. The molecule has 0 amide bonds. The van der Waals surface area contributed by atoms with Crippen molar-refractivity contribution in [3.8, 4) is 0 Å². The van der Waals surface area contributed by atoms with Gasteiger partial charge in [-0.25, -0.2) is 0 Å². The minimum atomic E-state index is -4.38. The molecule has 0 saturated heterocycles. The van der Waals surface area contributed by atoms with Gasteiger partial charge in [-0.15, -0.1) is 0 Å². The number of rotatable bonds is 7. The van der Waals surface area contributed by atoms with Crippen LogP contribution in [-0.4, -0.2) is 35.0 Å². The molecule has 8 heteroatoms. The van der Waals surface area contributed by atoms with E-state index in [0.29, 0.717) is 6.54 Å². The third kappa shape index (κ3) is 5.20. The van der Waals surface area contributed by atoms with Gasteiger partial charge in [0.1, 0.15) is 12.3 Å².